The molecule has 1 aliphatic heterocycles. The number of nitriles is 1. The fourth-order valence-corrected chi connectivity index (χ4v) is 3.16. The van der Waals surface area contributed by atoms with Gasteiger partial charge in [-0.25, -0.2) is 0 Å². The molecular weight excluding hydrogens is 184 g/mol. The molecule has 2 nitrogen and oxygen atoms in total. The second kappa shape index (κ2) is 5.51. The summed E-state index contributed by atoms with van der Waals surface area (Å²) < 4.78 is 0. The van der Waals surface area contributed by atoms with Crippen LogP contribution in [0.15, 0.2) is 0 Å². The van der Waals surface area contributed by atoms with Gasteiger partial charge < -0.3 is 4.90 Å². The van der Waals surface area contributed by atoms with Crippen molar-refractivity contribution >= 4 is 0 Å². The van der Waals surface area contributed by atoms with E-state index < -0.39 is 0 Å². The maximum Gasteiger partial charge on any atom is 0.0624 e. The lowest BCUT2D eigenvalue weighted by Gasteiger charge is -2.27. The lowest BCUT2D eigenvalue weighted by Crippen LogP contribution is -2.34. The highest BCUT2D eigenvalue weighted by atomic mass is 15.2. The molecule has 2 fully saturated rings. The maximum atomic E-state index is 8.72. The summed E-state index contributed by atoms with van der Waals surface area (Å²) in [5.41, 5.74) is 0. The molecule has 1 heterocycles. The van der Waals surface area contributed by atoms with Gasteiger partial charge in [-0.05, 0) is 51.1 Å². The zero-order chi connectivity index (χ0) is 10.5. The number of hydrogen-bond acceptors (Lipinski definition) is 2. The van der Waals surface area contributed by atoms with Gasteiger partial charge in [-0.2, -0.15) is 5.26 Å². The molecule has 15 heavy (non-hydrogen) atoms. The van der Waals surface area contributed by atoms with Crippen molar-refractivity contribution in [1.29, 1.82) is 5.26 Å². The van der Waals surface area contributed by atoms with Gasteiger partial charge in [0.15, 0.2) is 0 Å². The normalized spacial score (nSPS) is 29.9. The van der Waals surface area contributed by atoms with E-state index >= 15 is 0 Å². The van der Waals surface area contributed by atoms with Gasteiger partial charge in [0.2, 0.25) is 0 Å². The van der Waals surface area contributed by atoms with E-state index in [9.17, 15) is 0 Å². The fourth-order valence-electron chi connectivity index (χ4n) is 3.16. The minimum Gasteiger partial charge on any atom is -0.300 e. The van der Waals surface area contributed by atoms with Crippen LogP contribution in [0.4, 0.5) is 0 Å². The number of nitrogens with zero attached hydrogens (tertiary/aromatic N) is 2. The van der Waals surface area contributed by atoms with Gasteiger partial charge in [0.25, 0.3) is 0 Å². The zero-order valence-corrected chi connectivity index (χ0v) is 9.62. The number of likely N-dealkylation sites (tertiary alicyclic amines) is 1. The van der Waals surface area contributed by atoms with Crippen LogP contribution in [0.3, 0.4) is 0 Å². The van der Waals surface area contributed by atoms with E-state index in [0.717, 1.165) is 12.5 Å². The first-order valence-corrected chi connectivity index (χ1v) is 6.51. The van der Waals surface area contributed by atoms with Crippen LogP contribution >= 0.6 is 0 Å². The SMILES string of the molecule is N#CCC1CCCN(C2CCCC2)CC1. The Balaban J connectivity index is 1.81. The molecule has 1 unspecified atom stereocenters. The lowest BCUT2D eigenvalue weighted by molar-refractivity contribution is 0.204. The topological polar surface area (TPSA) is 27.0 Å². The molecule has 1 saturated heterocycles. The Morgan fingerprint density at radius 1 is 1.00 bits per heavy atom. The molecule has 2 aliphatic rings. The van der Waals surface area contributed by atoms with E-state index in [-0.39, 0.29) is 0 Å². The third kappa shape index (κ3) is 2.95. The molecule has 0 radical (unpaired) electrons. The first kappa shape index (κ1) is 11.0. The number of rotatable bonds is 2. The minimum absolute atomic E-state index is 0.682. The van der Waals surface area contributed by atoms with Crippen LogP contribution in [0.5, 0.6) is 0 Å². The fraction of sp³-hybridized carbons (Fsp3) is 0.923. The van der Waals surface area contributed by atoms with Crippen molar-refractivity contribution in [3.63, 3.8) is 0 Å². The van der Waals surface area contributed by atoms with Crippen LogP contribution in [0, 0.1) is 17.2 Å². The van der Waals surface area contributed by atoms with Gasteiger partial charge in [-0.3, -0.25) is 0 Å². The second-order valence-electron chi connectivity index (χ2n) is 5.13. The van der Waals surface area contributed by atoms with Crippen LogP contribution in [-0.4, -0.2) is 24.0 Å². The highest BCUT2D eigenvalue weighted by molar-refractivity contribution is 4.83. The lowest BCUT2D eigenvalue weighted by atomic mass is 9.98. The Hall–Kier alpha value is -0.550. The first-order valence-electron chi connectivity index (χ1n) is 6.51. The Labute approximate surface area is 93.3 Å². The minimum atomic E-state index is 0.682. The summed E-state index contributed by atoms with van der Waals surface area (Å²) in [6.07, 6.45) is 10.3. The highest BCUT2D eigenvalue weighted by Crippen LogP contribution is 2.27. The summed E-state index contributed by atoms with van der Waals surface area (Å²) in [6, 6.07) is 3.21. The van der Waals surface area contributed by atoms with Crippen molar-refractivity contribution in [3.8, 4) is 6.07 Å². The zero-order valence-electron chi connectivity index (χ0n) is 9.62. The van der Waals surface area contributed by atoms with Crippen LogP contribution in [0.2, 0.25) is 0 Å². The second-order valence-corrected chi connectivity index (χ2v) is 5.13. The molecule has 0 aromatic heterocycles. The van der Waals surface area contributed by atoms with Gasteiger partial charge >= 0.3 is 0 Å². The molecule has 0 bridgehead atoms. The molecule has 0 aromatic rings. The van der Waals surface area contributed by atoms with E-state index in [1.54, 1.807) is 0 Å². The van der Waals surface area contributed by atoms with Crippen molar-refractivity contribution in [2.75, 3.05) is 13.1 Å². The van der Waals surface area contributed by atoms with Crippen LogP contribution in [-0.2, 0) is 0 Å². The summed E-state index contributed by atoms with van der Waals surface area (Å²) in [5.74, 6) is 0.682. The van der Waals surface area contributed by atoms with Gasteiger partial charge in [0.1, 0.15) is 0 Å². The van der Waals surface area contributed by atoms with Gasteiger partial charge in [0.05, 0.1) is 6.07 Å². The van der Waals surface area contributed by atoms with Gasteiger partial charge in [0, 0.05) is 12.5 Å². The number of hydrogen-bond donors (Lipinski definition) is 0. The third-order valence-electron chi connectivity index (χ3n) is 4.10. The summed E-state index contributed by atoms with van der Waals surface area (Å²) >= 11 is 0. The molecular formula is C13H22N2. The van der Waals surface area contributed by atoms with E-state index in [2.05, 4.69) is 11.0 Å². The molecule has 0 spiro atoms. The summed E-state index contributed by atoms with van der Waals surface area (Å²) in [5, 5.41) is 8.72. The molecule has 2 rings (SSSR count). The quantitative estimate of drug-likeness (QED) is 0.694. The Morgan fingerprint density at radius 3 is 2.53 bits per heavy atom. The predicted octanol–water partition coefficient (Wildman–Crippen LogP) is 2.94. The molecule has 1 aliphatic carbocycles. The molecule has 2 heteroatoms. The van der Waals surface area contributed by atoms with Crippen molar-refractivity contribution in [2.45, 2.75) is 57.4 Å². The third-order valence-corrected chi connectivity index (χ3v) is 4.10. The predicted molar refractivity (Wildman–Crippen MR) is 61.4 cm³/mol. The highest BCUT2D eigenvalue weighted by Gasteiger charge is 2.25. The van der Waals surface area contributed by atoms with E-state index in [1.807, 2.05) is 0 Å². The molecule has 0 N–H and O–H groups in total. The Morgan fingerprint density at radius 2 is 1.80 bits per heavy atom. The summed E-state index contributed by atoms with van der Waals surface area (Å²) in [4.78, 5) is 2.70. The average Bonchev–Trinajstić information content (AvgIpc) is 2.67. The largest absolute Gasteiger partial charge is 0.300 e. The standard InChI is InChI=1S/C13H22N2/c14-9-7-12-4-3-10-15(11-8-12)13-5-1-2-6-13/h12-13H,1-8,10-11H2. The van der Waals surface area contributed by atoms with Crippen molar-refractivity contribution < 1.29 is 0 Å². The smallest absolute Gasteiger partial charge is 0.0624 e. The van der Waals surface area contributed by atoms with Crippen LogP contribution in [0.1, 0.15) is 51.4 Å². The first-order chi connectivity index (χ1) is 7.40. The molecule has 84 valence electrons. The summed E-state index contributed by atoms with van der Waals surface area (Å²) in [6.45, 7) is 2.53. The molecule has 1 saturated carbocycles. The van der Waals surface area contributed by atoms with Gasteiger partial charge in [-0.1, -0.05) is 12.8 Å². The molecule has 0 aromatic carbocycles. The van der Waals surface area contributed by atoms with Crippen molar-refractivity contribution in [3.05, 3.63) is 0 Å². The van der Waals surface area contributed by atoms with Crippen molar-refractivity contribution in [2.24, 2.45) is 5.92 Å². The van der Waals surface area contributed by atoms with Crippen molar-refractivity contribution in [1.82, 2.24) is 4.90 Å². The average molecular weight is 206 g/mol. The van der Waals surface area contributed by atoms with E-state index in [1.165, 1.54) is 58.0 Å². The van der Waals surface area contributed by atoms with Gasteiger partial charge in [-0.15, -0.1) is 0 Å². The summed E-state index contributed by atoms with van der Waals surface area (Å²) in [7, 11) is 0. The van der Waals surface area contributed by atoms with Crippen LogP contribution < -0.4 is 0 Å². The Bertz CT molecular complexity index is 225. The van der Waals surface area contributed by atoms with E-state index in [4.69, 9.17) is 5.26 Å². The Kier molecular flexibility index (Phi) is 4.02. The monoisotopic (exact) mass is 206 g/mol. The molecule has 0 amide bonds. The van der Waals surface area contributed by atoms with E-state index in [0.29, 0.717) is 5.92 Å². The molecule has 1 atom stereocenters. The maximum absolute atomic E-state index is 8.72. The van der Waals surface area contributed by atoms with Crippen LogP contribution in [0.25, 0.3) is 0 Å².